The third-order valence-corrected chi connectivity index (χ3v) is 6.22. The highest BCUT2D eigenvalue weighted by Crippen LogP contribution is 2.33. The van der Waals surface area contributed by atoms with Crippen molar-refractivity contribution >= 4 is 17.6 Å². The van der Waals surface area contributed by atoms with Gasteiger partial charge in [0.25, 0.3) is 5.91 Å². The van der Waals surface area contributed by atoms with Crippen LogP contribution in [0.2, 0.25) is 0 Å². The molecule has 3 rings (SSSR count). The summed E-state index contributed by atoms with van der Waals surface area (Å²) in [5.74, 6) is -0.147. The Bertz CT molecular complexity index is 950. The van der Waals surface area contributed by atoms with E-state index in [0.717, 1.165) is 25.8 Å². The molecule has 2 atom stereocenters. The molecule has 1 aromatic carbocycles. The zero-order valence-corrected chi connectivity index (χ0v) is 20.9. The highest BCUT2D eigenvalue weighted by molar-refractivity contribution is 6.05. The summed E-state index contributed by atoms with van der Waals surface area (Å²) in [6.45, 7) is 10.4. The molecule has 1 saturated heterocycles. The number of carbonyl (C=O) groups excluding carboxylic acids is 2. The van der Waals surface area contributed by atoms with Crippen LogP contribution in [0.3, 0.4) is 0 Å². The molecule has 2 unspecified atom stereocenters. The van der Waals surface area contributed by atoms with Crippen LogP contribution in [-0.2, 0) is 16.0 Å². The molecule has 178 valence electrons. The molecule has 2 aliphatic rings. The molecule has 0 spiro atoms. The normalized spacial score (nSPS) is 20.7. The van der Waals surface area contributed by atoms with Crippen LogP contribution in [0.25, 0.3) is 5.57 Å². The highest BCUT2D eigenvalue weighted by atomic mass is 16.6. The number of likely N-dealkylation sites (tertiary alicyclic amines) is 1. The van der Waals surface area contributed by atoms with Gasteiger partial charge >= 0.3 is 6.09 Å². The molecule has 1 aliphatic heterocycles. The molecule has 5 heteroatoms. The Kier molecular flexibility index (Phi) is 7.83. The minimum Gasteiger partial charge on any atom is -0.443 e. The summed E-state index contributed by atoms with van der Waals surface area (Å²) >= 11 is 0. The first kappa shape index (κ1) is 24.8. The van der Waals surface area contributed by atoms with E-state index in [2.05, 4.69) is 49.4 Å². The third-order valence-electron chi connectivity index (χ3n) is 6.22. The molecule has 33 heavy (non-hydrogen) atoms. The van der Waals surface area contributed by atoms with Crippen LogP contribution in [0.5, 0.6) is 0 Å². The van der Waals surface area contributed by atoms with E-state index in [1.807, 2.05) is 45.8 Å². The summed E-state index contributed by atoms with van der Waals surface area (Å²) in [6.07, 6.45) is 11.5. The third kappa shape index (κ3) is 6.37. The zero-order valence-electron chi connectivity index (χ0n) is 20.9. The Labute approximate surface area is 198 Å². The van der Waals surface area contributed by atoms with E-state index in [1.54, 1.807) is 0 Å². The average molecular weight is 451 g/mol. The van der Waals surface area contributed by atoms with Crippen molar-refractivity contribution < 1.29 is 14.3 Å². The van der Waals surface area contributed by atoms with E-state index < -0.39 is 11.7 Å². The van der Waals surface area contributed by atoms with Gasteiger partial charge in [-0.2, -0.15) is 0 Å². The summed E-state index contributed by atoms with van der Waals surface area (Å²) in [6, 6.07) is 8.41. The maximum atomic E-state index is 13.2. The van der Waals surface area contributed by atoms with Crippen LogP contribution in [0.15, 0.2) is 54.3 Å². The number of nitrogens with zero attached hydrogens (tertiary/aromatic N) is 2. The van der Waals surface area contributed by atoms with Gasteiger partial charge in [-0.15, -0.1) is 0 Å². The molecule has 5 nitrogen and oxygen atoms in total. The fourth-order valence-corrected chi connectivity index (χ4v) is 4.33. The molecule has 2 amide bonds. The molecule has 1 fully saturated rings. The standard InChI is InChI=1S/C28H38N2O3/c1-7-29(6)19-24-18-25(30(26(24)31)27(32)33-28(3,4)5)20(2)17-21-13-15-23(16-14-21)22-11-9-8-10-12-22/h9,11-16,19-20,25H,7-8,10,17-18H2,1-6H3/b24-19+. The van der Waals surface area contributed by atoms with Gasteiger partial charge in [-0.1, -0.05) is 49.4 Å². The molecule has 0 bridgehead atoms. The van der Waals surface area contributed by atoms with Gasteiger partial charge in [0.05, 0.1) is 6.04 Å². The fraction of sp³-hybridized carbons (Fsp3) is 0.500. The Balaban J connectivity index is 1.79. The minimum absolute atomic E-state index is 0.0962. The number of benzene rings is 1. The van der Waals surface area contributed by atoms with Crippen molar-refractivity contribution in [2.75, 3.05) is 13.6 Å². The van der Waals surface area contributed by atoms with Crippen LogP contribution in [-0.4, -0.2) is 47.0 Å². The minimum atomic E-state index is -0.657. The van der Waals surface area contributed by atoms with Crippen molar-refractivity contribution in [2.45, 2.75) is 71.9 Å². The molecular formula is C28H38N2O3. The van der Waals surface area contributed by atoms with Crippen LogP contribution in [0, 0.1) is 5.92 Å². The van der Waals surface area contributed by atoms with Gasteiger partial charge in [-0.05, 0) is 69.6 Å². The summed E-state index contributed by atoms with van der Waals surface area (Å²) in [4.78, 5) is 29.5. The van der Waals surface area contributed by atoms with Crippen molar-refractivity contribution in [3.63, 3.8) is 0 Å². The van der Waals surface area contributed by atoms with Crippen molar-refractivity contribution in [1.29, 1.82) is 0 Å². The smallest absolute Gasteiger partial charge is 0.417 e. The van der Waals surface area contributed by atoms with E-state index in [-0.39, 0.29) is 17.9 Å². The van der Waals surface area contributed by atoms with Gasteiger partial charge in [0.15, 0.2) is 0 Å². The molecule has 1 aromatic rings. The van der Waals surface area contributed by atoms with Gasteiger partial charge < -0.3 is 9.64 Å². The largest absolute Gasteiger partial charge is 0.443 e. The van der Waals surface area contributed by atoms with Crippen LogP contribution in [0.1, 0.15) is 65.0 Å². The second-order valence-electron chi connectivity index (χ2n) is 10.2. The zero-order chi connectivity index (χ0) is 24.2. The highest BCUT2D eigenvalue weighted by Gasteiger charge is 2.44. The monoisotopic (exact) mass is 450 g/mol. The topological polar surface area (TPSA) is 49.9 Å². The number of carbonyl (C=O) groups is 2. The molecule has 0 radical (unpaired) electrons. The van der Waals surface area contributed by atoms with Crippen molar-refractivity contribution in [3.05, 3.63) is 65.4 Å². The molecule has 1 heterocycles. The Hall–Kier alpha value is -2.82. The van der Waals surface area contributed by atoms with Crippen molar-refractivity contribution in [3.8, 4) is 0 Å². The quantitative estimate of drug-likeness (QED) is 0.501. The molecule has 0 aromatic heterocycles. The molecular weight excluding hydrogens is 412 g/mol. The first-order chi connectivity index (χ1) is 15.6. The van der Waals surface area contributed by atoms with Gasteiger partial charge in [0.2, 0.25) is 0 Å². The molecule has 0 N–H and O–H groups in total. The molecule has 0 saturated carbocycles. The number of ether oxygens (including phenoxy) is 1. The maximum absolute atomic E-state index is 13.2. The first-order valence-corrected chi connectivity index (χ1v) is 12.0. The van der Waals surface area contributed by atoms with E-state index in [9.17, 15) is 9.59 Å². The number of hydrogen-bond acceptors (Lipinski definition) is 4. The van der Waals surface area contributed by atoms with E-state index >= 15 is 0 Å². The Morgan fingerprint density at radius 2 is 1.94 bits per heavy atom. The summed E-state index contributed by atoms with van der Waals surface area (Å²) in [5.41, 5.74) is 3.70. The SMILES string of the molecule is CCN(C)/C=C1\CC(C(C)Cc2ccc(C3=CCCC=C3)cc2)N(C(=O)OC(C)(C)C)C1=O. The lowest BCUT2D eigenvalue weighted by molar-refractivity contribution is -0.126. The van der Waals surface area contributed by atoms with Crippen molar-refractivity contribution in [1.82, 2.24) is 9.80 Å². The lowest BCUT2D eigenvalue weighted by atomic mass is 9.90. The lowest BCUT2D eigenvalue weighted by Crippen LogP contribution is -2.45. The summed E-state index contributed by atoms with van der Waals surface area (Å²) in [7, 11) is 1.94. The molecule has 1 aliphatic carbocycles. The van der Waals surface area contributed by atoms with E-state index in [4.69, 9.17) is 4.74 Å². The van der Waals surface area contributed by atoms with Gasteiger partial charge in [0, 0.05) is 31.8 Å². The number of allylic oxidation sites excluding steroid dienone is 4. The summed E-state index contributed by atoms with van der Waals surface area (Å²) in [5, 5.41) is 0. The van der Waals surface area contributed by atoms with Crippen LogP contribution >= 0.6 is 0 Å². The predicted octanol–water partition coefficient (Wildman–Crippen LogP) is 5.97. The number of amides is 2. The number of imide groups is 1. The Morgan fingerprint density at radius 1 is 1.24 bits per heavy atom. The Morgan fingerprint density at radius 3 is 2.52 bits per heavy atom. The van der Waals surface area contributed by atoms with Gasteiger partial charge in [0.1, 0.15) is 5.60 Å². The second-order valence-corrected chi connectivity index (χ2v) is 10.2. The second kappa shape index (κ2) is 10.4. The van der Waals surface area contributed by atoms with Crippen molar-refractivity contribution in [2.24, 2.45) is 5.92 Å². The van der Waals surface area contributed by atoms with Gasteiger partial charge in [-0.3, -0.25) is 4.79 Å². The van der Waals surface area contributed by atoms with Gasteiger partial charge in [-0.25, -0.2) is 9.69 Å². The van der Waals surface area contributed by atoms with Crippen LogP contribution < -0.4 is 0 Å². The van der Waals surface area contributed by atoms with Crippen LogP contribution in [0.4, 0.5) is 4.79 Å². The number of rotatable bonds is 6. The van der Waals surface area contributed by atoms with E-state index in [0.29, 0.717) is 12.0 Å². The lowest BCUT2D eigenvalue weighted by Gasteiger charge is -2.30. The predicted molar refractivity (Wildman–Crippen MR) is 134 cm³/mol. The number of hydrogen-bond donors (Lipinski definition) is 0. The van der Waals surface area contributed by atoms with E-state index in [1.165, 1.54) is 21.6 Å². The summed E-state index contributed by atoms with van der Waals surface area (Å²) < 4.78 is 5.60. The first-order valence-electron chi connectivity index (χ1n) is 12.0. The fourth-order valence-electron chi connectivity index (χ4n) is 4.33. The average Bonchev–Trinajstić information content (AvgIpc) is 3.10. The maximum Gasteiger partial charge on any atom is 0.417 e.